The number of anilines is 1. The number of benzene rings is 1. The van der Waals surface area contributed by atoms with E-state index in [1.54, 1.807) is 25.3 Å². The predicted molar refractivity (Wildman–Crippen MR) is 102 cm³/mol. The van der Waals surface area contributed by atoms with Crippen LogP contribution < -0.4 is 20.1 Å². The molecule has 1 unspecified atom stereocenters. The maximum absolute atomic E-state index is 12.3. The van der Waals surface area contributed by atoms with Crippen LogP contribution in [0.25, 0.3) is 0 Å². The van der Waals surface area contributed by atoms with Crippen molar-refractivity contribution in [1.29, 1.82) is 0 Å². The quantitative estimate of drug-likeness (QED) is 0.795. The Kier molecular flexibility index (Phi) is 6.03. The van der Waals surface area contributed by atoms with E-state index in [1.165, 1.54) is 31.7 Å². The number of ether oxygens (including phenoxy) is 2. The highest BCUT2D eigenvalue weighted by Crippen LogP contribution is 2.30. The average molecular weight is 377 g/mol. The highest BCUT2D eigenvalue weighted by atomic mass is 32.2. The fraction of sp³-hybridized carbons (Fsp3) is 0.500. The molecule has 0 spiro atoms. The lowest BCUT2D eigenvalue weighted by Crippen LogP contribution is -2.28. The molecule has 1 saturated carbocycles. The van der Waals surface area contributed by atoms with Gasteiger partial charge in [0.05, 0.1) is 20.3 Å². The van der Waals surface area contributed by atoms with E-state index in [0.717, 1.165) is 12.8 Å². The van der Waals surface area contributed by atoms with Crippen LogP contribution in [-0.2, 0) is 9.59 Å². The molecule has 7 nitrogen and oxygen atoms in total. The van der Waals surface area contributed by atoms with Crippen LogP contribution in [0.4, 0.5) is 5.69 Å². The fourth-order valence-electron chi connectivity index (χ4n) is 3.09. The van der Waals surface area contributed by atoms with Crippen LogP contribution in [-0.4, -0.2) is 42.5 Å². The van der Waals surface area contributed by atoms with Crippen molar-refractivity contribution in [2.75, 3.05) is 19.5 Å². The normalized spacial score (nSPS) is 21.7. The van der Waals surface area contributed by atoms with Gasteiger partial charge in [0.25, 0.3) is 0 Å². The van der Waals surface area contributed by atoms with Crippen molar-refractivity contribution in [2.24, 2.45) is 4.99 Å². The van der Waals surface area contributed by atoms with Gasteiger partial charge >= 0.3 is 0 Å². The molecule has 3 rings (SSSR count). The second-order valence-corrected chi connectivity index (χ2v) is 7.48. The minimum atomic E-state index is -0.449. The summed E-state index contributed by atoms with van der Waals surface area (Å²) in [6, 6.07) is 5.44. The van der Waals surface area contributed by atoms with Gasteiger partial charge in [-0.3, -0.25) is 14.6 Å². The van der Waals surface area contributed by atoms with Crippen LogP contribution in [0.3, 0.4) is 0 Å². The third-order valence-electron chi connectivity index (χ3n) is 4.44. The molecule has 2 amide bonds. The number of carbonyl (C=O) groups is 2. The number of carbonyl (C=O) groups excluding carboxylic acids is 2. The second kappa shape index (κ2) is 8.44. The lowest BCUT2D eigenvalue weighted by Gasteiger charge is -2.11. The number of nitrogens with one attached hydrogen (secondary N) is 2. The lowest BCUT2D eigenvalue weighted by atomic mass is 10.2. The van der Waals surface area contributed by atoms with Crippen molar-refractivity contribution in [2.45, 2.75) is 43.4 Å². The topological polar surface area (TPSA) is 89.0 Å². The molecule has 1 aromatic rings. The molecule has 2 fully saturated rings. The van der Waals surface area contributed by atoms with Gasteiger partial charge in [-0.15, -0.1) is 0 Å². The number of hydrogen-bond acceptors (Lipinski definition) is 6. The van der Waals surface area contributed by atoms with Gasteiger partial charge < -0.3 is 20.1 Å². The van der Waals surface area contributed by atoms with Crippen LogP contribution in [0.5, 0.6) is 11.5 Å². The van der Waals surface area contributed by atoms with E-state index in [2.05, 4.69) is 15.6 Å². The third kappa shape index (κ3) is 4.49. The predicted octanol–water partition coefficient (Wildman–Crippen LogP) is 2.56. The lowest BCUT2D eigenvalue weighted by molar-refractivity contribution is -0.122. The van der Waals surface area contributed by atoms with Gasteiger partial charge in [-0.2, -0.15) is 0 Å². The maximum atomic E-state index is 12.3. The smallest absolute Gasteiger partial charge is 0.240 e. The van der Waals surface area contributed by atoms with Crippen LogP contribution >= 0.6 is 11.8 Å². The number of methoxy groups -OCH3 is 2. The first-order valence-electron chi connectivity index (χ1n) is 8.66. The highest BCUT2D eigenvalue weighted by molar-refractivity contribution is 8.15. The van der Waals surface area contributed by atoms with E-state index in [-0.39, 0.29) is 18.2 Å². The molecule has 140 valence electrons. The monoisotopic (exact) mass is 377 g/mol. The van der Waals surface area contributed by atoms with Crippen LogP contribution in [0, 0.1) is 0 Å². The Morgan fingerprint density at radius 1 is 1.27 bits per heavy atom. The highest BCUT2D eigenvalue weighted by Gasteiger charge is 2.32. The molecule has 1 aliphatic carbocycles. The van der Waals surface area contributed by atoms with Crippen LogP contribution in [0.15, 0.2) is 23.2 Å². The summed E-state index contributed by atoms with van der Waals surface area (Å²) < 4.78 is 10.4. The van der Waals surface area contributed by atoms with Crippen molar-refractivity contribution < 1.29 is 19.1 Å². The zero-order valence-electron chi connectivity index (χ0n) is 14.9. The molecular formula is C18H23N3O4S. The number of amides is 2. The molecule has 0 radical (unpaired) electrons. The SMILES string of the molecule is COc1ccc(NC(=O)CC2SC(=NC3CCCC3)NC2=O)cc1OC. The minimum absolute atomic E-state index is 0.0918. The Labute approximate surface area is 156 Å². The molecule has 26 heavy (non-hydrogen) atoms. The summed E-state index contributed by atoms with van der Waals surface area (Å²) in [5.74, 6) is 0.731. The van der Waals surface area contributed by atoms with Gasteiger partial charge in [0.15, 0.2) is 16.7 Å². The first kappa shape index (κ1) is 18.6. The fourth-order valence-corrected chi connectivity index (χ4v) is 4.13. The van der Waals surface area contributed by atoms with E-state index >= 15 is 0 Å². The summed E-state index contributed by atoms with van der Waals surface area (Å²) in [7, 11) is 3.09. The summed E-state index contributed by atoms with van der Waals surface area (Å²) in [4.78, 5) is 29.0. The number of thioether (sulfide) groups is 1. The van der Waals surface area contributed by atoms with E-state index in [1.807, 2.05) is 0 Å². The molecule has 8 heteroatoms. The summed E-state index contributed by atoms with van der Waals surface area (Å²) in [6.07, 6.45) is 4.62. The zero-order chi connectivity index (χ0) is 18.5. The van der Waals surface area contributed by atoms with Crippen molar-refractivity contribution in [1.82, 2.24) is 5.32 Å². The number of hydrogen-bond donors (Lipinski definition) is 2. The average Bonchev–Trinajstić information content (AvgIpc) is 3.25. The van der Waals surface area contributed by atoms with Gasteiger partial charge in [0, 0.05) is 18.2 Å². The van der Waals surface area contributed by atoms with Crippen LogP contribution in [0.1, 0.15) is 32.1 Å². The Morgan fingerprint density at radius 2 is 2.00 bits per heavy atom. The van der Waals surface area contributed by atoms with E-state index in [0.29, 0.717) is 28.4 Å². The first-order chi connectivity index (χ1) is 12.6. The minimum Gasteiger partial charge on any atom is -0.493 e. The van der Waals surface area contributed by atoms with Crippen molar-refractivity contribution in [3.05, 3.63) is 18.2 Å². The zero-order valence-corrected chi connectivity index (χ0v) is 15.7. The Bertz CT molecular complexity index is 716. The first-order valence-corrected chi connectivity index (χ1v) is 9.54. The summed E-state index contributed by atoms with van der Waals surface area (Å²) in [6.45, 7) is 0. The van der Waals surface area contributed by atoms with E-state index < -0.39 is 5.25 Å². The molecule has 1 heterocycles. The molecule has 2 aliphatic rings. The molecule has 1 aromatic carbocycles. The number of nitrogens with zero attached hydrogens (tertiary/aromatic N) is 1. The number of aliphatic imine (C=N–C) groups is 1. The number of rotatable bonds is 6. The van der Waals surface area contributed by atoms with E-state index in [4.69, 9.17) is 9.47 Å². The molecule has 1 atom stereocenters. The summed E-state index contributed by atoms with van der Waals surface area (Å²) >= 11 is 1.34. The summed E-state index contributed by atoms with van der Waals surface area (Å²) in [5.41, 5.74) is 0.593. The Balaban J connectivity index is 1.57. The summed E-state index contributed by atoms with van der Waals surface area (Å²) in [5, 5.41) is 5.78. The maximum Gasteiger partial charge on any atom is 0.240 e. The molecule has 1 saturated heterocycles. The van der Waals surface area contributed by atoms with Crippen LogP contribution in [0.2, 0.25) is 0 Å². The Morgan fingerprint density at radius 3 is 2.69 bits per heavy atom. The van der Waals surface area contributed by atoms with Gasteiger partial charge in [0.2, 0.25) is 11.8 Å². The molecule has 0 bridgehead atoms. The Hall–Kier alpha value is -2.22. The van der Waals surface area contributed by atoms with Gasteiger partial charge in [-0.1, -0.05) is 24.6 Å². The van der Waals surface area contributed by atoms with Crippen molar-refractivity contribution in [3.8, 4) is 11.5 Å². The standard InChI is InChI=1S/C18H23N3O4S/c1-24-13-8-7-12(9-14(13)25-2)19-16(22)10-15-17(23)21-18(26-15)20-11-5-3-4-6-11/h7-9,11,15H,3-6,10H2,1-2H3,(H,19,22)(H,20,21,23). The van der Waals surface area contributed by atoms with Gasteiger partial charge in [0.1, 0.15) is 5.25 Å². The third-order valence-corrected chi connectivity index (χ3v) is 5.54. The van der Waals surface area contributed by atoms with E-state index in [9.17, 15) is 9.59 Å². The van der Waals surface area contributed by atoms with Gasteiger partial charge in [-0.05, 0) is 25.0 Å². The number of amidine groups is 1. The second-order valence-electron chi connectivity index (χ2n) is 6.29. The molecule has 0 aromatic heterocycles. The largest absolute Gasteiger partial charge is 0.493 e. The molecule has 2 N–H and O–H groups in total. The molecular weight excluding hydrogens is 354 g/mol. The van der Waals surface area contributed by atoms with Gasteiger partial charge in [-0.25, -0.2) is 0 Å². The molecule has 1 aliphatic heterocycles. The van der Waals surface area contributed by atoms with Crippen molar-refractivity contribution >= 4 is 34.4 Å². The van der Waals surface area contributed by atoms with Crippen molar-refractivity contribution in [3.63, 3.8) is 0 Å².